The van der Waals surface area contributed by atoms with Crippen molar-refractivity contribution >= 4 is 40.1 Å². The van der Waals surface area contributed by atoms with E-state index in [9.17, 15) is 9.59 Å². The number of hydrogen-bond donors (Lipinski definition) is 1. The first kappa shape index (κ1) is 21.6. The van der Waals surface area contributed by atoms with Crippen LogP contribution in [0.5, 0.6) is 5.75 Å². The lowest BCUT2D eigenvalue weighted by Crippen LogP contribution is -2.44. The Morgan fingerprint density at radius 3 is 2.34 bits per heavy atom. The molecule has 1 atom stereocenters. The molecule has 162 valence electrons. The van der Waals surface area contributed by atoms with Crippen molar-refractivity contribution in [1.82, 2.24) is 4.90 Å². The van der Waals surface area contributed by atoms with Crippen molar-refractivity contribution < 1.29 is 14.3 Å². The van der Waals surface area contributed by atoms with Gasteiger partial charge in [0.15, 0.2) is 5.17 Å². The van der Waals surface area contributed by atoms with Crippen molar-refractivity contribution in [2.75, 3.05) is 12.4 Å². The maximum Gasteiger partial charge on any atom is 0.238 e. The molecule has 1 saturated heterocycles. The smallest absolute Gasteiger partial charge is 0.238 e. The van der Waals surface area contributed by atoms with Crippen molar-refractivity contribution in [3.05, 3.63) is 90.5 Å². The number of amidine groups is 1. The van der Waals surface area contributed by atoms with Gasteiger partial charge in [-0.2, -0.15) is 0 Å². The standard InChI is InChI=1S/C25H23N3O3S/c1-31-21-14-12-18(13-15-21)17-28-23(29)16-22(24(30)26-19-8-4-2-5-9-19)32-25(28)27-20-10-6-3-7-11-20/h2-15,22H,16-17H2,1H3,(H,26,30)/t22-/m1/s1. The lowest BCUT2D eigenvalue weighted by Gasteiger charge is -2.32. The molecule has 0 aromatic heterocycles. The van der Waals surface area contributed by atoms with Crippen LogP contribution in [0.1, 0.15) is 12.0 Å². The molecule has 0 aliphatic carbocycles. The van der Waals surface area contributed by atoms with Crippen molar-refractivity contribution in [3.8, 4) is 5.75 Å². The second-order valence-electron chi connectivity index (χ2n) is 7.22. The van der Waals surface area contributed by atoms with E-state index in [0.29, 0.717) is 17.4 Å². The third-order valence-corrected chi connectivity index (χ3v) is 6.14. The van der Waals surface area contributed by atoms with Crippen LogP contribution in [0.15, 0.2) is 89.9 Å². The minimum absolute atomic E-state index is 0.104. The van der Waals surface area contributed by atoms with Crippen molar-refractivity contribution in [1.29, 1.82) is 0 Å². The summed E-state index contributed by atoms with van der Waals surface area (Å²) in [5.74, 6) is 0.408. The van der Waals surface area contributed by atoms with Crippen LogP contribution in [0.3, 0.4) is 0 Å². The molecule has 1 aliphatic rings. The van der Waals surface area contributed by atoms with Gasteiger partial charge in [0.25, 0.3) is 0 Å². The predicted octanol–water partition coefficient (Wildman–Crippen LogP) is 4.86. The van der Waals surface area contributed by atoms with E-state index in [1.165, 1.54) is 11.8 Å². The molecule has 2 amide bonds. The number of rotatable bonds is 6. The monoisotopic (exact) mass is 445 g/mol. The van der Waals surface area contributed by atoms with Crippen LogP contribution in [0.4, 0.5) is 11.4 Å². The van der Waals surface area contributed by atoms with E-state index in [1.807, 2.05) is 84.9 Å². The molecule has 1 aliphatic heterocycles. The van der Waals surface area contributed by atoms with Crippen molar-refractivity contribution in [3.63, 3.8) is 0 Å². The first-order chi connectivity index (χ1) is 15.6. The summed E-state index contributed by atoms with van der Waals surface area (Å²) in [6, 6.07) is 26.2. The second-order valence-corrected chi connectivity index (χ2v) is 8.39. The van der Waals surface area contributed by atoms with Crippen LogP contribution in [0, 0.1) is 0 Å². The summed E-state index contributed by atoms with van der Waals surface area (Å²) in [6.45, 7) is 0.370. The van der Waals surface area contributed by atoms with Gasteiger partial charge in [0, 0.05) is 12.1 Å². The molecule has 4 rings (SSSR count). The van der Waals surface area contributed by atoms with Gasteiger partial charge in [-0.1, -0.05) is 60.3 Å². The molecule has 3 aromatic rings. The Morgan fingerprint density at radius 1 is 1.03 bits per heavy atom. The Kier molecular flexibility index (Phi) is 6.87. The lowest BCUT2D eigenvalue weighted by molar-refractivity contribution is -0.129. The first-order valence-electron chi connectivity index (χ1n) is 10.2. The topological polar surface area (TPSA) is 71.0 Å². The largest absolute Gasteiger partial charge is 0.497 e. The maximum atomic E-state index is 13.1. The van der Waals surface area contributed by atoms with E-state index in [4.69, 9.17) is 9.73 Å². The van der Waals surface area contributed by atoms with E-state index >= 15 is 0 Å². The fraction of sp³-hybridized carbons (Fsp3) is 0.160. The van der Waals surface area contributed by atoms with Gasteiger partial charge >= 0.3 is 0 Å². The highest BCUT2D eigenvalue weighted by Gasteiger charge is 2.36. The molecule has 3 aromatic carbocycles. The molecule has 0 radical (unpaired) electrons. The average Bonchev–Trinajstić information content (AvgIpc) is 2.83. The zero-order chi connectivity index (χ0) is 22.3. The van der Waals surface area contributed by atoms with Crippen molar-refractivity contribution in [2.24, 2.45) is 4.99 Å². The minimum atomic E-state index is -0.558. The summed E-state index contributed by atoms with van der Waals surface area (Å²) in [5.41, 5.74) is 2.38. The van der Waals surface area contributed by atoms with Gasteiger partial charge in [-0.25, -0.2) is 4.99 Å². The molecule has 1 fully saturated rings. The fourth-order valence-corrected chi connectivity index (χ4v) is 4.37. The summed E-state index contributed by atoms with van der Waals surface area (Å²) in [6.07, 6.45) is 0.104. The number of ether oxygens (including phenoxy) is 1. The third-order valence-electron chi connectivity index (χ3n) is 4.95. The fourth-order valence-electron chi connectivity index (χ4n) is 3.27. The van der Waals surface area contributed by atoms with Gasteiger partial charge in [0.2, 0.25) is 11.8 Å². The highest BCUT2D eigenvalue weighted by molar-refractivity contribution is 8.15. The van der Waals surface area contributed by atoms with E-state index in [1.54, 1.807) is 12.0 Å². The van der Waals surface area contributed by atoms with Gasteiger partial charge in [0.05, 0.1) is 19.3 Å². The van der Waals surface area contributed by atoms with Crippen LogP contribution < -0.4 is 10.1 Å². The number of thioether (sulfide) groups is 1. The number of amides is 2. The van der Waals surface area contributed by atoms with Crippen LogP contribution in [0.25, 0.3) is 0 Å². The number of benzene rings is 3. The number of carbonyl (C=O) groups excluding carboxylic acids is 2. The van der Waals surface area contributed by atoms with Crippen LogP contribution >= 0.6 is 11.8 Å². The highest BCUT2D eigenvalue weighted by Crippen LogP contribution is 2.31. The highest BCUT2D eigenvalue weighted by atomic mass is 32.2. The normalized spacial score (nSPS) is 17.3. The minimum Gasteiger partial charge on any atom is -0.497 e. The molecule has 1 heterocycles. The quantitative estimate of drug-likeness (QED) is 0.588. The zero-order valence-electron chi connectivity index (χ0n) is 17.6. The first-order valence-corrected chi connectivity index (χ1v) is 11.1. The van der Waals surface area contributed by atoms with E-state index < -0.39 is 5.25 Å². The Balaban J connectivity index is 1.58. The van der Waals surface area contributed by atoms with Gasteiger partial charge < -0.3 is 10.1 Å². The number of nitrogens with zero attached hydrogens (tertiary/aromatic N) is 2. The number of hydrogen-bond acceptors (Lipinski definition) is 5. The summed E-state index contributed by atoms with van der Waals surface area (Å²) >= 11 is 1.31. The van der Waals surface area contributed by atoms with Crippen LogP contribution in [0.2, 0.25) is 0 Å². The summed E-state index contributed by atoms with van der Waals surface area (Å²) in [7, 11) is 1.62. The van der Waals surface area contributed by atoms with E-state index in [-0.39, 0.29) is 18.2 Å². The number of carbonyl (C=O) groups is 2. The molecule has 0 spiro atoms. The van der Waals surface area contributed by atoms with Gasteiger partial charge in [0.1, 0.15) is 11.0 Å². The van der Waals surface area contributed by atoms with Gasteiger partial charge in [-0.05, 0) is 42.0 Å². The Labute approximate surface area is 191 Å². The maximum absolute atomic E-state index is 13.1. The molecular formula is C25H23N3O3S. The molecular weight excluding hydrogens is 422 g/mol. The number of nitrogens with one attached hydrogen (secondary N) is 1. The molecule has 0 saturated carbocycles. The molecule has 0 bridgehead atoms. The van der Waals surface area contributed by atoms with Crippen molar-refractivity contribution in [2.45, 2.75) is 18.2 Å². The SMILES string of the molecule is COc1ccc(CN2C(=O)C[C@H](C(=O)Nc3ccccc3)SC2=Nc2ccccc2)cc1. The third kappa shape index (κ3) is 5.36. The average molecular weight is 446 g/mol. The molecule has 1 N–H and O–H groups in total. The molecule has 0 unspecified atom stereocenters. The Bertz CT molecular complexity index is 1100. The molecule has 7 heteroatoms. The Morgan fingerprint density at radius 2 is 1.69 bits per heavy atom. The second kappa shape index (κ2) is 10.2. The van der Waals surface area contributed by atoms with Gasteiger partial charge in [-0.15, -0.1) is 0 Å². The lowest BCUT2D eigenvalue weighted by atomic mass is 10.2. The van der Waals surface area contributed by atoms with E-state index in [2.05, 4.69) is 5.32 Å². The van der Waals surface area contributed by atoms with Crippen LogP contribution in [-0.2, 0) is 16.1 Å². The zero-order valence-corrected chi connectivity index (χ0v) is 18.4. The summed E-state index contributed by atoms with van der Waals surface area (Å²) in [4.78, 5) is 32.3. The number of methoxy groups -OCH3 is 1. The molecule has 6 nitrogen and oxygen atoms in total. The van der Waals surface area contributed by atoms with Gasteiger partial charge in [-0.3, -0.25) is 14.5 Å². The number of aliphatic imine (C=N–C) groups is 1. The Hall–Kier alpha value is -3.58. The van der Waals surface area contributed by atoms with Crippen LogP contribution in [-0.4, -0.2) is 34.2 Å². The summed E-state index contributed by atoms with van der Waals surface area (Å²) in [5, 5.41) is 2.85. The predicted molar refractivity (Wildman–Crippen MR) is 128 cm³/mol. The number of para-hydroxylation sites is 2. The molecule has 32 heavy (non-hydrogen) atoms. The summed E-state index contributed by atoms with van der Waals surface area (Å²) < 4.78 is 5.22. The van der Waals surface area contributed by atoms with E-state index in [0.717, 1.165) is 17.0 Å². The number of anilines is 1.